The second-order valence-corrected chi connectivity index (χ2v) is 14.1. The van der Waals surface area contributed by atoms with Crippen LogP contribution in [0.2, 0.25) is 0 Å². The van der Waals surface area contributed by atoms with E-state index in [9.17, 15) is 24.9 Å². The van der Waals surface area contributed by atoms with E-state index in [1.54, 1.807) is 62.4 Å². The number of aliphatic hydroxyl groups is 3. The molecule has 3 aliphatic heterocycles. The van der Waals surface area contributed by atoms with Crippen LogP contribution in [0.15, 0.2) is 78.4 Å². The van der Waals surface area contributed by atoms with Gasteiger partial charge in [-0.2, -0.15) is 0 Å². The van der Waals surface area contributed by atoms with Crippen LogP contribution >= 0.6 is 0 Å². The van der Waals surface area contributed by atoms with E-state index in [2.05, 4.69) is 13.5 Å². The molecule has 3 N–H and O–H groups in total. The Labute approximate surface area is 274 Å². The molecule has 0 radical (unpaired) electrons. The zero-order valence-electron chi connectivity index (χ0n) is 27.3. The first-order chi connectivity index (χ1) is 22.4. The minimum Gasteiger partial charge on any atom is -0.455 e. The summed E-state index contributed by atoms with van der Waals surface area (Å²) < 4.78 is 33.2. The van der Waals surface area contributed by atoms with Gasteiger partial charge >= 0.3 is 11.9 Å². The summed E-state index contributed by atoms with van der Waals surface area (Å²) in [5, 5.41) is 34.9. The van der Waals surface area contributed by atoms with Crippen LogP contribution in [0.1, 0.15) is 63.7 Å². The van der Waals surface area contributed by atoms with Crippen LogP contribution in [0.3, 0.4) is 0 Å². The molecule has 3 bridgehead atoms. The molecule has 3 saturated heterocycles. The quantitative estimate of drug-likeness (QED) is 0.113. The third-order valence-electron chi connectivity index (χ3n) is 11.5. The minimum atomic E-state index is -2.41. The van der Waals surface area contributed by atoms with Gasteiger partial charge in [0.05, 0.1) is 17.8 Å². The Balaban J connectivity index is 1.41. The molecule has 0 amide bonds. The smallest absolute Gasteiger partial charge is 0.338 e. The number of carbonyl (C=O) groups is 2. The highest BCUT2D eigenvalue weighted by atomic mass is 16.9. The van der Waals surface area contributed by atoms with Crippen molar-refractivity contribution in [2.24, 2.45) is 17.8 Å². The molecule has 3 aliphatic carbocycles. The number of Topliss-reactive ketones (excluding diaryl/α,β-unsaturated/α-hetero) is 1. The number of epoxide rings is 1. The molecular formula is C37H44O10. The van der Waals surface area contributed by atoms with Crippen molar-refractivity contribution in [2.75, 3.05) is 6.61 Å². The zero-order chi connectivity index (χ0) is 33.6. The van der Waals surface area contributed by atoms with Crippen molar-refractivity contribution in [1.29, 1.82) is 0 Å². The number of carbonyl (C=O) groups excluding carboxylic acids is 2. The lowest BCUT2D eigenvalue weighted by molar-refractivity contribution is -0.407. The number of unbranched alkanes of at least 4 members (excludes halogenated alkanes) is 3. The van der Waals surface area contributed by atoms with Gasteiger partial charge in [-0.3, -0.25) is 4.79 Å². The van der Waals surface area contributed by atoms with Crippen molar-refractivity contribution >= 4 is 11.8 Å². The van der Waals surface area contributed by atoms with E-state index in [1.807, 2.05) is 19.1 Å². The van der Waals surface area contributed by atoms with Crippen LogP contribution in [-0.2, 0) is 28.5 Å². The van der Waals surface area contributed by atoms with E-state index in [0.29, 0.717) is 11.1 Å². The second kappa shape index (κ2) is 11.0. The van der Waals surface area contributed by atoms with Crippen molar-refractivity contribution in [3.8, 4) is 0 Å². The number of hydrogen-bond acceptors (Lipinski definition) is 10. The van der Waals surface area contributed by atoms with Crippen LogP contribution in [-0.4, -0.2) is 86.5 Å². The summed E-state index contributed by atoms with van der Waals surface area (Å²) in [6, 6.07) is 8.57. The molecule has 1 aromatic rings. The Morgan fingerprint density at radius 1 is 1.11 bits per heavy atom. The molecule has 252 valence electrons. The maximum absolute atomic E-state index is 13.8. The first-order valence-corrected chi connectivity index (χ1v) is 16.7. The normalized spacial score (nSPS) is 45.8. The largest absolute Gasteiger partial charge is 0.455 e. The van der Waals surface area contributed by atoms with Gasteiger partial charge in [-0.05, 0) is 50.0 Å². The fourth-order valence-corrected chi connectivity index (χ4v) is 9.24. The Bertz CT molecular complexity index is 1570. The van der Waals surface area contributed by atoms with Crippen LogP contribution in [0.5, 0.6) is 0 Å². The van der Waals surface area contributed by atoms with Crippen molar-refractivity contribution < 1.29 is 48.6 Å². The third-order valence-corrected chi connectivity index (χ3v) is 11.5. The molecule has 6 aliphatic rings. The fourth-order valence-electron chi connectivity index (χ4n) is 9.24. The average molecular weight is 649 g/mol. The van der Waals surface area contributed by atoms with Crippen molar-refractivity contribution in [3.63, 3.8) is 0 Å². The molecule has 2 saturated carbocycles. The molecule has 3 heterocycles. The summed E-state index contributed by atoms with van der Waals surface area (Å²) in [6.07, 6.45) is 8.51. The SMILES string of the molecule is C=C(C)[C@@]12O[C@@]3(/C=C/C=C/CCCCC)O[C@@H]1[C@@H]1[C@@H]4O[C@]4(CO)[C@@H](O)[C@]4(O)C(=O)C(C)=C[C@H]4[C@]1(O3)[C@H](C)[C@H]2OC(=O)c1ccccc1. The molecule has 7 rings (SSSR count). The van der Waals surface area contributed by atoms with Gasteiger partial charge in [0.2, 0.25) is 0 Å². The number of esters is 1. The fraction of sp³-hybridized carbons (Fsp3) is 0.568. The molecule has 0 unspecified atom stereocenters. The summed E-state index contributed by atoms with van der Waals surface area (Å²) in [7, 11) is 0. The molecule has 0 spiro atoms. The number of allylic oxidation sites excluding steroid dienone is 3. The van der Waals surface area contributed by atoms with Gasteiger partial charge in [0.25, 0.3) is 0 Å². The van der Waals surface area contributed by atoms with Gasteiger partial charge < -0.3 is 39.0 Å². The maximum atomic E-state index is 13.8. The summed E-state index contributed by atoms with van der Waals surface area (Å²) in [5.41, 5.74) is -6.01. The summed E-state index contributed by atoms with van der Waals surface area (Å²) in [6.45, 7) is 11.0. The monoisotopic (exact) mass is 648 g/mol. The lowest BCUT2D eigenvalue weighted by atomic mass is 9.53. The van der Waals surface area contributed by atoms with Gasteiger partial charge in [-0.25, -0.2) is 4.79 Å². The molecule has 5 fully saturated rings. The lowest BCUT2D eigenvalue weighted by Gasteiger charge is -2.61. The van der Waals surface area contributed by atoms with E-state index < -0.39 is 88.9 Å². The summed E-state index contributed by atoms with van der Waals surface area (Å²) in [5.74, 6) is -5.81. The van der Waals surface area contributed by atoms with Gasteiger partial charge in [0, 0.05) is 23.8 Å². The second-order valence-electron chi connectivity index (χ2n) is 14.1. The molecule has 12 atom stereocenters. The highest BCUT2D eigenvalue weighted by Gasteiger charge is 2.90. The van der Waals surface area contributed by atoms with Crippen LogP contribution < -0.4 is 0 Å². The number of hydrogen-bond donors (Lipinski definition) is 3. The average Bonchev–Trinajstić information content (AvgIpc) is 3.69. The Kier molecular flexibility index (Phi) is 7.65. The van der Waals surface area contributed by atoms with Gasteiger partial charge in [-0.15, -0.1) is 0 Å². The molecule has 10 heteroatoms. The minimum absolute atomic E-state index is 0.238. The number of fused-ring (bicyclic) bond motifs is 3. The van der Waals surface area contributed by atoms with E-state index >= 15 is 0 Å². The number of aliphatic hydroxyl groups excluding tert-OH is 2. The van der Waals surface area contributed by atoms with E-state index in [-0.39, 0.29) is 5.57 Å². The first-order valence-electron chi connectivity index (χ1n) is 16.7. The van der Waals surface area contributed by atoms with Gasteiger partial charge in [0.1, 0.15) is 30.0 Å². The van der Waals surface area contributed by atoms with Crippen LogP contribution in [0.25, 0.3) is 0 Å². The van der Waals surface area contributed by atoms with Crippen LogP contribution in [0, 0.1) is 17.8 Å². The topological polar surface area (TPSA) is 144 Å². The molecular weight excluding hydrogens is 604 g/mol. The van der Waals surface area contributed by atoms with Gasteiger partial charge in [0.15, 0.2) is 17.0 Å². The van der Waals surface area contributed by atoms with E-state index in [4.69, 9.17) is 23.7 Å². The third kappa shape index (κ3) is 4.16. The number of benzene rings is 1. The number of rotatable bonds is 10. The maximum Gasteiger partial charge on any atom is 0.338 e. The zero-order valence-corrected chi connectivity index (χ0v) is 27.3. The first kappa shape index (κ1) is 32.6. The highest BCUT2D eigenvalue weighted by Crippen LogP contribution is 2.73. The predicted octanol–water partition coefficient (Wildman–Crippen LogP) is 3.70. The van der Waals surface area contributed by atoms with Crippen molar-refractivity contribution in [3.05, 3.63) is 84.0 Å². The Morgan fingerprint density at radius 3 is 2.53 bits per heavy atom. The van der Waals surface area contributed by atoms with Crippen LogP contribution in [0.4, 0.5) is 0 Å². The molecule has 10 nitrogen and oxygen atoms in total. The molecule has 47 heavy (non-hydrogen) atoms. The van der Waals surface area contributed by atoms with E-state index in [1.165, 1.54) is 0 Å². The number of ketones is 1. The summed E-state index contributed by atoms with van der Waals surface area (Å²) in [4.78, 5) is 27.6. The highest BCUT2D eigenvalue weighted by molar-refractivity contribution is 6.05. The Morgan fingerprint density at radius 2 is 1.85 bits per heavy atom. The van der Waals surface area contributed by atoms with Gasteiger partial charge in [-0.1, -0.05) is 75.8 Å². The number of ether oxygens (including phenoxy) is 5. The predicted molar refractivity (Wildman–Crippen MR) is 169 cm³/mol. The summed E-state index contributed by atoms with van der Waals surface area (Å²) >= 11 is 0. The molecule has 1 aromatic carbocycles. The van der Waals surface area contributed by atoms with E-state index in [0.717, 1.165) is 25.7 Å². The van der Waals surface area contributed by atoms with Crippen molar-refractivity contribution in [1.82, 2.24) is 0 Å². The van der Waals surface area contributed by atoms with Crippen molar-refractivity contribution in [2.45, 2.75) is 106 Å². The molecule has 0 aromatic heterocycles. The lowest BCUT2D eigenvalue weighted by Crippen LogP contribution is -2.76. The Hall–Kier alpha value is -2.96. The standard InChI is InChI=1S/C37H44O10/c1-6-7-8-9-10-11-15-18-34-45-30-26-29-33(20-38,44-29)32(41)35(42)25(19-22(4)27(35)39)37(26,47-34)23(5)28(36(30,46-34)21(2)3)43-31(40)24-16-13-12-14-17-24/h10-19,23,25-26,28-30,32,38,41-42H,2,6-9,20H2,1,3-5H3/b11-10+,18-15+/t23-,25-,26+,28-,29+,30-,32-,33+,34-,35-,36+,37-/m1/s1.